The lowest BCUT2D eigenvalue weighted by Crippen LogP contribution is -2.49. The van der Waals surface area contributed by atoms with Gasteiger partial charge in [0.1, 0.15) is 11.5 Å². The van der Waals surface area contributed by atoms with Crippen LogP contribution in [0.4, 0.5) is 10.5 Å². The van der Waals surface area contributed by atoms with Crippen LogP contribution in [0.15, 0.2) is 48.5 Å². The van der Waals surface area contributed by atoms with Gasteiger partial charge in [-0.15, -0.1) is 0 Å². The first-order valence-electron chi connectivity index (χ1n) is 8.73. The van der Waals surface area contributed by atoms with Crippen LogP contribution in [-0.2, 0) is 6.54 Å². The molecule has 0 aromatic heterocycles. The highest BCUT2D eigenvalue weighted by atomic mass is 16.5. The fourth-order valence-electron chi connectivity index (χ4n) is 3.04. The molecule has 6 heteroatoms. The van der Waals surface area contributed by atoms with Gasteiger partial charge in [-0.05, 0) is 29.8 Å². The van der Waals surface area contributed by atoms with Crippen molar-refractivity contribution in [1.29, 1.82) is 0 Å². The van der Waals surface area contributed by atoms with Crippen LogP contribution in [0.5, 0.6) is 11.5 Å². The van der Waals surface area contributed by atoms with Crippen LogP contribution in [0.1, 0.15) is 5.56 Å². The molecular formula is C20H25N3O3. The first kappa shape index (κ1) is 18.1. The third kappa shape index (κ3) is 4.67. The van der Waals surface area contributed by atoms with E-state index in [9.17, 15) is 4.79 Å². The Labute approximate surface area is 154 Å². The summed E-state index contributed by atoms with van der Waals surface area (Å²) in [4.78, 5) is 16.7. The molecule has 0 spiro atoms. The number of nitrogens with zero attached hydrogens (tertiary/aromatic N) is 2. The fourth-order valence-corrected chi connectivity index (χ4v) is 3.04. The Kier molecular flexibility index (Phi) is 5.96. The molecule has 1 aliphatic rings. The summed E-state index contributed by atoms with van der Waals surface area (Å²) in [6.07, 6.45) is 0. The molecule has 0 radical (unpaired) electrons. The second-order valence-electron chi connectivity index (χ2n) is 6.28. The lowest BCUT2D eigenvalue weighted by molar-refractivity contribution is 0.143. The number of benzene rings is 2. The maximum atomic E-state index is 12.5. The fraction of sp³-hybridized carbons (Fsp3) is 0.350. The second-order valence-corrected chi connectivity index (χ2v) is 6.28. The molecule has 2 aromatic rings. The van der Waals surface area contributed by atoms with Gasteiger partial charge in [0.15, 0.2) is 0 Å². The first-order chi connectivity index (χ1) is 12.7. The summed E-state index contributed by atoms with van der Waals surface area (Å²) in [5, 5.41) is 2.94. The highest BCUT2D eigenvalue weighted by Crippen LogP contribution is 2.18. The number of amides is 2. The number of ether oxygens (including phenoxy) is 2. The van der Waals surface area contributed by atoms with Crippen LogP contribution in [0.2, 0.25) is 0 Å². The number of piperazine rings is 1. The Morgan fingerprint density at radius 3 is 2.31 bits per heavy atom. The Bertz CT molecular complexity index is 743. The number of methoxy groups -OCH3 is 2. The van der Waals surface area contributed by atoms with Crippen molar-refractivity contribution in [2.45, 2.75) is 6.54 Å². The molecule has 0 atom stereocenters. The molecule has 1 heterocycles. The van der Waals surface area contributed by atoms with E-state index in [2.05, 4.69) is 22.3 Å². The van der Waals surface area contributed by atoms with Gasteiger partial charge in [-0.2, -0.15) is 0 Å². The van der Waals surface area contributed by atoms with Crippen molar-refractivity contribution in [2.75, 3.05) is 45.7 Å². The van der Waals surface area contributed by atoms with Crippen LogP contribution >= 0.6 is 0 Å². The van der Waals surface area contributed by atoms with Crippen molar-refractivity contribution in [3.63, 3.8) is 0 Å². The number of rotatable bonds is 5. The summed E-state index contributed by atoms with van der Waals surface area (Å²) >= 11 is 0. The Morgan fingerprint density at radius 1 is 0.962 bits per heavy atom. The van der Waals surface area contributed by atoms with E-state index in [0.717, 1.165) is 36.8 Å². The van der Waals surface area contributed by atoms with Crippen molar-refractivity contribution in [1.82, 2.24) is 9.80 Å². The Hall–Kier alpha value is -2.73. The molecule has 2 aromatic carbocycles. The molecular weight excluding hydrogens is 330 g/mol. The quantitative estimate of drug-likeness (QED) is 0.896. The molecule has 0 unspecified atom stereocenters. The first-order valence-corrected chi connectivity index (χ1v) is 8.73. The van der Waals surface area contributed by atoms with E-state index in [-0.39, 0.29) is 6.03 Å². The number of hydrogen-bond acceptors (Lipinski definition) is 4. The molecule has 1 fully saturated rings. The summed E-state index contributed by atoms with van der Waals surface area (Å²) in [6, 6.07) is 15.4. The van der Waals surface area contributed by atoms with E-state index in [1.807, 2.05) is 41.3 Å². The zero-order valence-electron chi connectivity index (χ0n) is 15.3. The zero-order valence-corrected chi connectivity index (χ0v) is 15.3. The molecule has 138 valence electrons. The van der Waals surface area contributed by atoms with E-state index in [4.69, 9.17) is 9.47 Å². The molecule has 1 N–H and O–H groups in total. The molecule has 1 saturated heterocycles. The minimum atomic E-state index is -0.0701. The van der Waals surface area contributed by atoms with Crippen LogP contribution in [0.25, 0.3) is 0 Å². The number of carbonyl (C=O) groups excluding carboxylic acids is 1. The van der Waals surface area contributed by atoms with Crippen molar-refractivity contribution in [3.05, 3.63) is 54.1 Å². The van der Waals surface area contributed by atoms with Crippen LogP contribution in [-0.4, -0.2) is 56.2 Å². The molecule has 1 aliphatic heterocycles. The highest BCUT2D eigenvalue weighted by Gasteiger charge is 2.21. The zero-order chi connectivity index (χ0) is 18.4. The van der Waals surface area contributed by atoms with Crippen LogP contribution in [0, 0.1) is 0 Å². The SMILES string of the molecule is COc1cccc(CN2CCN(C(=O)Nc3cccc(OC)c3)CC2)c1. The molecule has 26 heavy (non-hydrogen) atoms. The van der Waals surface area contributed by atoms with Crippen molar-refractivity contribution in [2.24, 2.45) is 0 Å². The number of hydrogen-bond donors (Lipinski definition) is 1. The van der Waals surface area contributed by atoms with E-state index < -0.39 is 0 Å². The molecule has 2 amide bonds. The molecule has 3 rings (SSSR count). The van der Waals surface area contributed by atoms with Gasteiger partial charge in [0.05, 0.1) is 14.2 Å². The van der Waals surface area contributed by atoms with Gasteiger partial charge in [0.25, 0.3) is 0 Å². The van der Waals surface area contributed by atoms with Gasteiger partial charge in [-0.25, -0.2) is 4.79 Å². The average Bonchev–Trinajstić information content (AvgIpc) is 2.69. The largest absolute Gasteiger partial charge is 0.497 e. The van der Waals surface area contributed by atoms with Crippen molar-refractivity contribution >= 4 is 11.7 Å². The van der Waals surface area contributed by atoms with Gasteiger partial charge >= 0.3 is 6.03 Å². The van der Waals surface area contributed by atoms with E-state index in [1.54, 1.807) is 14.2 Å². The minimum Gasteiger partial charge on any atom is -0.497 e. The maximum Gasteiger partial charge on any atom is 0.321 e. The third-order valence-electron chi connectivity index (χ3n) is 4.52. The average molecular weight is 355 g/mol. The number of anilines is 1. The smallest absolute Gasteiger partial charge is 0.321 e. The monoisotopic (exact) mass is 355 g/mol. The predicted molar refractivity (Wildman–Crippen MR) is 102 cm³/mol. The van der Waals surface area contributed by atoms with Crippen LogP contribution < -0.4 is 14.8 Å². The van der Waals surface area contributed by atoms with Gasteiger partial charge in [0, 0.05) is 44.5 Å². The normalized spacial score (nSPS) is 14.8. The van der Waals surface area contributed by atoms with E-state index >= 15 is 0 Å². The standard InChI is InChI=1S/C20H25N3O3/c1-25-18-7-3-5-16(13-18)15-22-9-11-23(12-10-22)20(24)21-17-6-4-8-19(14-17)26-2/h3-8,13-14H,9-12,15H2,1-2H3,(H,21,24). The number of nitrogens with one attached hydrogen (secondary N) is 1. The van der Waals surface area contributed by atoms with Gasteiger partial charge in [-0.1, -0.05) is 18.2 Å². The van der Waals surface area contributed by atoms with E-state index in [0.29, 0.717) is 13.1 Å². The van der Waals surface area contributed by atoms with Gasteiger partial charge in [0.2, 0.25) is 0 Å². The summed E-state index contributed by atoms with van der Waals surface area (Å²) in [6.45, 7) is 3.98. The third-order valence-corrected chi connectivity index (χ3v) is 4.52. The maximum absolute atomic E-state index is 12.5. The lowest BCUT2D eigenvalue weighted by atomic mass is 10.2. The number of urea groups is 1. The minimum absolute atomic E-state index is 0.0701. The topological polar surface area (TPSA) is 54.0 Å². The Balaban J connectivity index is 1.50. The van der Waals surface area contributed by atoms with E-state index in [1.165, 1.54) is 5.56 Å². The Morgan fingerprint density at radius 2 is 1.62 bits per heavy atom. The van der Waals surface area contributed by atoms with Gasteiger partial charge < -0.3 is 19.7 Å². The molecule has 6 nitrogen and oxygen atoms in total. The predicted octanol–water partition coefficient (Wildman–Crippen LogP) is 3.05. The molecule has 0 aliphatic carbocycles. The van der Waals surface area contributed by atoms with Crippen molar-refractivity contribution in [3.8, 4) is 11.5 Å². The number of carbonyl (C=O) groups is 1. The van der Waals surface area contributed by atoms with Crippen molar-refractivity contribution < 1.29 is 14.3 Å². The van der Waals surface area contributed by atoms with Gasteiger partial charge in [-0.3, -0.25) is 4.90 Å². The summed E-state index contributed by atoms with van der Waals surface area (Å²) in [5.74, 6) is 1.60. The summed E-state index contributed by atoms with van der Waals surface area (Å²) in [5.41, 5.74) is 1.96. The van der Waals surface area contributed by atoms with Crippen LogP contribution in [0.3, 0.4) is 0 Å². The summed E-state index contributed by atoms with van der Waals surface area (Å²) < 4.78 is 10.5. The second kappa shape index (κ2) is 8.58. The summed E-state index contributed by atoms with van der Waals surface area (Å²) in [7, 11) is 3.29. The molecule has 0 saturated carbocycles. The molecule has 0 bridgehead atoms. The lowest BCUT2D eigenvalue weighted by Gasteiger charge is -2.34. The highest BCUT2D eigenvalue weighted by molar-refractivity contribution is 5.89.